The lowest BCUT2D eigenvalue weighted by atomic mass is 10.2. The van der Waals surface area contributed by atoms with Gasteiger partial charge >= 0.3 is 0 Å². The molecule has 1 fully saturated rings. The fourth-order valence-electron chi connectivity index (χ4n) is 4.94. The molecule has 5 aromatic rings. The molecule has 0 radical (unpaired) electrons. The van der Waals surface area contributed by atoms with Crippen molar-refractivity contribution in [3.63, 3.8) is 0 Å². The molecule has 0 aliphatic carbocycles. The molecular formula is C30H30Cl2N8O. The largest absolute Gasteiger partial charge is 0.379 e. The summed E-state index contributed by atoms with van der Waals surface area (Å²) in [6.07, 6.45) is 2.68. The third kappa shape index (κ3) is 6.44. The molecule has 1 aliphatic rings. The summed E-state index contributed by atoms with van der Waals surface area (Å²) >= 11 is 12.8. The van der Waals surface area contributed by atoms with E-state index in [-0.39, 0.29) is 0 Å². The van der Waals surface area contributed by atoms with E-state index in [1.165, 1.54) is 0 Å². The van der Waals surface area contributed by atoms with Crippen molar-refractivity contribution < 1.29 is 4.74 Å². The van der Waals surface area contributed by atoms with E-state index in [1.54, 1.807) is 12.3 Å². The number of ether oxygens (including phenoxy) is 1. The van der Waals surface area contributed by atoms with Crippen LogP contribution >= 0.6 is 23.2 Å². The van der Waals surface area contributed by atoms with Crippen LogP contribution in [0.15, 0.2) is 71.8 Å². The van der Waals surface area contributed by atoms with Gasteiger partial charge in [0, 0.05) is 25.0 Å². The van der Waals surface area contributed by atoms with Crippen LogP contribution in [0.4, 0.5) is 11.8 Å². The van der Waals surface area contributed by atoms with Crippen LogP contribution in [0.3, 0.4) is 0 Å². The third-order valence-electron chi connectivity index (χ3n) is 7.04. The number of hydrogen-bond acceptors (Lipinski definition) is 8. The highest BCUT2D eigenvalue weighted by atomic mass is 35.5. The average molecular weight is 590 g/mol. The van der Waals surface area contributed by atoms with Crippen molar-refractivity contribution in [3.8, 4) is 0 Å². The number of nitrogens with one attached hydrogen (secondary N) is 2. The fraction of sp³-hybridized carbons (Fsp3) is 0.267. The van der Waals surface area contributed by atoms with Crippen molar-refractivity contribution in [2.24, 2.45) is 5.10 Å². The van der Waals surface area contributed by atoms with Crippen LogP contribution in [-0.4, -0.2) is 70.0 Å². The average Bonchev–Trinajstić information content (AvgIpc) is 3.35. The van der Waals surface area contributed by atoms with Gasteiger partial charge in [0.25, 0.3) is 0 Å². The standard InChI is InChI=1S/C30H30Cl2N8O/c31-23-9-5-7-21(28(23)32)20-40-26-12-4-3-11-25(26)35-27(40)19-34-38-30-36-24-10-2-1-8-22(24)29(37-30)33-13-6-14-39-15-17-41-18-16-39/h1-5,7-12,19H,6,13-18,20H2,(H2,33,36,37,38)/b34-19+. The van der Waals surface area contributed by atoms with Crippen molar-refractivity contribution >= 4 is 63.1 Å². The fourth-order valence-corrected chi connectivity index (χ4v) is 5.32. The molecule has 11 heteroatoms. The normalized spacial score (nSPS) is 14.3. The van der Waals surface area contributed by atoms with E-state index in [0.29, 0.717) is 28.4 Å². The summed E-state index contributed by atoms with van der Waals surface area (Å²) in [7, 11) is 0. The number of halogens is 2. The Morgan fingerprint density at radius 2 is 1.71 bits per heavy atom. The minimum atomic E-state index is 0.399. The number of para-hydroxylation sites is 3. The number of hydrazone groups is 1. The minimum absolute atomic E-state index is 0.399. The quantitative estimate of drug-likeness (QED) is 0.119. The second kappa shape index (κ2) is 12.8. The highest BCUT2D eigenvalue weighted by Crippen LogP contribution is 2.28. The van der Waals surface area contributed by atoms with Gasteiger partial charge in [-0.1, -0.05) is 59.6 Å². The monoisotopic (exact) mass is 588 g/mol. The van der Waals surface area contributed by atoms with Crippen LogP contribution in [0.1, 0.15) is 17.8 Å². The molecule has 1 aliphatic heterocycles. The second-order valence-electron chi connectivity index (χ2n) is 9.78. The molecule has 2 aromatic heterocycles. The molecule has 41 heavy (non-hydrogen) atoms. The number of imidazole rings is 1. The predicted octanol–water partition coefficient (Wildman–Crippen LogP) is 5.91. The van der Waals surface area contributed by atoms with Crippen LogP contribution in [0.2, 0.25) is 10.0 Å². The predicted molar refractivity (Wildman–Crippen MR) is 166 cm³/mol. The second-order valence-corrected chi connectivity index (χ2v) is 10.6. The number of fused-ring (bicyclic) bond motifs is 2. The number of rotatable bonds is 10. The highest BCUT2D eigenvalue weighted by Gasteiger charge is 2.13. The summed E-state index contributed by atoms with van der Waals surface area (Å²) in [5, 5.41) is 9.98. The zero-order chi connectivity index (χ0) is 28.0. The first-order chi connectivity index (χ1) is 20.2. The molecule has 0 spiro atoms. The van der Waals surface area contributed by atoms with Crippen LogP contribution in [-0.2, 0) is 11.3 Å². The van der Waals surface area contributed by atoms with Gasteiger partial charge in [0.2, 0.25) is 5.95 Å². The smallest absolute Gasteiger partial charge is 0.246 e. The maximum absolute atomic E-state index is 6.50. The van der Waals surface area contributed by atoms with Gasteiger partial charge in [-0.2, -0.15) is 10.1 Å². The van der Waals surface area contributed by atoms with Crippen molar-refractivity contribution in [2.75, 3.05) is 50.1 Å². The summed E-state index contributed by atoms with van der Waals surface area (Å²) in [6.45, 7) is 5.92. The van der Waals surface area contributed by atoms with Gasteiger partial charge < -0.3 is 14.6 Å². The first-order valence-corrected chi connectivity index (χ1v) is 14.4. The molecule has 0 amide bonds. The Labute approximate surface area is 248 Å². The lowest BCUT2D eigenvalue weighted by Crippen LogP contribution is -2.37. The van der Waals surface area contributed by atoms with Crippen LogP contribution in [0.25, 0.3) is 21.9 Å². The summed E-state index contributed by atoms with van der Waals surface area (Å²) in [5.41, 5.74) is 6.56. The van der Waals surface area contributed by atoms with Crippen molar-refractivity contribution in [3.05, 3.63) is 88.2 Å². The molecule has 0 saturated carbocycles. The number of benzene rings is 3. The van der Waals surface area contributed by atoms with Gasteiger partial charge in [-0.05, 0) is 48.9 Å². The topological polar surface area (TPSA) is 92.5 Å². The Morgan fingerprint density at radius 1 is 0.902 bits per heavy atom. The molecule has 3 heterocycles. The molecule has 0 atom stereocenters. The van der Waals surface area contributed by atoms with Crippen molar-refractivity contribution in [1.82, 2.24) is 24.4 Å². The van der Waals surface area contributed by atoms with Crippen molar-refractivity contribution in [1.29, 1.82) is 0 Å². The Kier molecular flexibility index (Phi) is 8.57. The summed E-state index contributed by atoms with van der Waals surface area (Å²) < 4.78 is 7.50. The zero-order valence-corrected chi connectivity index (χ0v) is 23.9. The Balaban J connectivity index is 1.20. The third-order valence-corrected chi connectivity index (χ3v) is 7.90. The Morgan fingerprint density at radius 3 is 2.59 bits per heavy atom. The molecule has 3 aromatic carbocycles. The molecule has 210 valence electrons. The molecule has 6 rings (SSSR count). The van der Waals surface area contributed by atoms with E-state index >= 15 is 0 Å². The number of anilines is 2. The van der Waals surface area contributed by atoms with E-state index < -0.39 is 0 Å². The zero-order valence-electron chi connectivity index (χ0n) is 22.4. The molecule has 2 N–H and O–H groups in total. The lowest BCUT2D eigenvalue weighted by molar-refractivity contribution is 0.0378. The summed E-state index contributed by atoms with van der Waals surface area (Å²) in [4.78, 5) is 16.6. The molecule has 9 nitrogen and oxygen atoms in total. The molecule has 1 saturated heterocycles. The Bertz CT molecular complexity index is 1680. The van der Waals surface area contributed by atoms with E-state index in [4.69, 9.17) is 37.9 Å². The van der Waals surface area contributed by atoms with Gasteiger partial charge in [-0.3, -0.25) is 4.90 Å². The Hall–Kier alpha value is -3.76. The van der Waals surface area contributed by atoms with Crippen LogP contribution < -0.4 is 10.7 Å². The molecular weight excluding hydrogens is 559 g/mol. The number of nitrogens with zero attached hydrogens (tertiary/aromatic N) is 6. The molecule has 0 unspecified atom stereocenters. The minimum Gasteiger partial charge on any atom is -0.379 e. The number of morpholine rings is 1. The van der Waals surface area contributed by atoms with E-state index in [9.17, 15) is 0 Å². The van der Waals surface area contributed by atoms with Gasteiger partial charge in [-0.25, -0.2) is 15.4 Å². The maximum atomic E-state index is 6.50. The van der Waals surface area contributed by atoms with E-state index in [2.05, 4.69) is 30.3 Å². The first kappa shape index (κ1) is 27.4. The SMILES string of the molecule is Clc1cccc(Cn2c(/C=N/Nc3nc(NCCCN4CCOCC4)c4ccccc4n3)nc3ccccc32)c1Cl. The summed E-state index contributed by atoms with van der Waals surface area (Å²) in [5.74, 6) is 1.84. The van der Waals surface area contributed by atoms with Gasteiger partial charge in [-0.15, -0.1) is 0 Å². The van der Waals surface area contributed by atoms with Crippen molar-refractivity contribution in [2.45, 2.75) is 13.0 Å². The van der Waals surface area contributed by atoms with E-state index in [1.807, 2.05) is 60.7 Å². The maximum Gasteiger partial charge on any atom is 0.246 e. The summed E-state index contributed by atoms with van der Waals surface area (Å²) in [6, 6.07) is 21.5. The van der Waals surface area contributed by atoms with Crippen LogP contribution in [0, 0.1) is 0 Å². The number of hydrogen-bond donors (Lipinski definition) is 2. The van der Waals surface area contributed by atoms with Crippen LogP contribution in [0.5, 0.6) is 0 Å². The highest BCUT2D eigenvalue weighted by molar-refractivity contribution is 6.42. The van der Waals surface area contributed by atoms with E-state index in [0.717, 1.165) is 79.1 Å². The molecule has 0 bridgehead atoms. The lowest BCUT2D eigenvalue weighted by Gasteiger charge is -2.26. The van der Waals surface area contributed by atoms with Gasteiger partial charge in [0.1, 0.15) is 5.82 Å². The number of aromatic nitrogens is 4. The van der Waals surface area contributed by atoms with Gasteiger partial charge in [0.05, 0.1) is 52.6 Å². The first-order valence-electron chi connectivity index (χ1n) is 13.6. The van der Waals surface area contributed by atoms with Gasteiger partial charge in [0.15, 0.2) is 5.82 Å².